The van der Waals surface area contributed by atoms with Gasteiger partial charge in [-0.3, -0.25) is 0 Å². The van der Waals surface area contributed by atoms with Crippen molar-refractivity contribution < 1.29 is 5.11 Å². The summed E-state index contributed by atoms with van der Waals surface area (Å²) < 4.78 is 0. The quantitative estimate of drug-likeness (QED) is 0.518. The number of hydrogen-bond donors (Lipinski definition) is 3. The van der Waals surface area contributed by atoms with Gasteiger partial charge in [0.2, 0.25) is 0 Å². The molecule has 0 saturated carbocycles. The summed E-state index contributed by atoms with van der Waals surface area (Å²) in [5, 5.41) is 12.3. The molecule has 13 heavy (non-hydrogen) atoms. The summed E-state index contributed by atoms with van der Waals surface area (Å²) in [5.41, 5.74) is 5.78. The molecule has 4 N–H and O–H groups in total. The summed E-state index contributed by atoms with van der Waals surface area (Å²) in [5.74, 6) is -0.156. The maximum atomic E-state index is 9.21. The van der Waals surface area contributed by atoms with E-state index in [0.29, 0.717) is 5.69 Å². The average molecular weight is 237 g/mol. The van der Waals surface area contributed by atoms with Gasteiger partial charge in [0.05, 0.1) is 10.0 Å². The predicted octanol–water partition coefficient (Wildman–Crippen LogP) is 2.35. The molecule has 1 aromatic rings. The molecule has 0 spiro atoms. The number of rotatable bonds is 1. The summed E-state index contributed by atoms with van der Waals surface area (Å²) in [7, 11) is 0. The van der Waals surface area contributed by atoms with E-state index in [2.05, 4.69) is 17.5 Å². The van der Waals surface area contributed by atoms with E-state index in [4.69, 9.17) is 28.9 Å². The predicted molar refractivity (Wildman–Crippen MR) is 58.5 cm³/mol. The van der Waals surface area contributed by atoms with Gasteiger partial charge in [0.1, 0.15) is 0 Å². The second-order valence-corrected chi connectivity index (χ2v) is 3.53. The van der Waals surface area contributed by atoms with Gasteiger partial charge in [-0.25, -0.2) is 0 Å². The summed E-state index contributed by atoms with van der Waals surface area (Å²) >= 11 is 15.9. The lowest BCUT2D eigenvalue weighted by molar-refractivity contribution is 0.476. The van der Waals surface area contributed by atoms with Crippen molar-refractivity contribution in [2.75, 3.05) is 5.32 Å². The molecule has 6 heteroatoms. The van der Waals surface area contributed by atoms with Crippen molar-refractivity contribution in [2.24, 2.45) is 5.73 Å². The van der Waals surface area contributed by atoms with Crippen LogP contribution >= 0.6 is 35.4 Å². The number of nitrogens with one attached hydrogen (secondary N) is 1. The third-order valence-electron chi connectivity index (χ3n) is 1.28. The standard InChI is InChI=1S/C7H6Cl2N2OS/c8-4-1-3(11-7(10)13)2-5(9)6(4)12/h1-2,12H,(H3,10,11,13). The highest BCUT2D eigenvalue weighted by atomic mass is 35.5. The van der Waals surface area contributed by atoms with Crippen LogP contribution in [0.3, 0.4) is 0 Å². The fraction of sp³-hybridized carbons (Fsp3) is 0. The van der Waals surface area contributed by atoms with Crippen LogP contribution in [-0.2, 0) is 0 Å². The molecule has 0 aliphatic carbocycles. The van der Waals surface area contributed by atoms with Crippen molar-refractivity contribution in [2.45, 2.75) is 0 Å². The molecule has 0 heterocycles. The first kappa shape index (κ1) is 10.4. The van der Waals surface area contributed by atoms with Crippen molar-refractivity contribution in [3.63, 3.8) is 0 Å². The van der Waals surface area contributed by atoms with Gasteiger partial charge in [0.25, 0.3) is 0 Å². The fourth-order valence-electron chi connectivity index (χ4n) is 0.780. The smallest absolute Gasteiger partial charge is 0.168 e. The van der Waals surface area contributed by atoms with Crippen molar-refractivity contribution in [3.05, 3.63) is 22.2 Å². The molecule has 0 aliphatic rings. The Bertz CT molecular complexity index is 333. The number of aromatic hydroxyl groups is 1. The zero-order chi connectivity index (χ0) is 10.0. The highest BCUT2D eigenvalue weighted by Crippen LogP contribution is 2.34. The van der Waals surface area contributed by atoms with E-state index < -0.39 is 0 Å². The average Bonchev–Trinajstić information content (AvgIpc) is 1.98. The molecular formula is C7H6Cl2N2OS. The van der Waals surface area contributed by atoms with Crippen LogP contribution in [0.1, 0.15) is 0 Å². The minimum absolute atomic E-state index is 0.109. The highest BCUT2D eigenvalue weighted by Gasteiger charge is 2.06. The van der Waals surface area contributed by atoms with Gasteiger partial charge in [-0.05, 0) is 24.4 Å². The van der Waals surface area contributed by atoms with E-state index in [1.807, 2.05) is 0 Å². The van der Waals surface area contributed by atoms with Crippen LogP contribution in [0.2, 0.25) is 10.0 Å². The van der Waals surface area contributed by atoms with Crippen molar-refractivity contribution in [1.29, 1.82) is 0 Å². The normalized spacial score (nSPS) is 9.69. The lowest BCUT2D eigenvalue weighted by atomic mass is 10.3. The molecule has 1 aromatic carbocycles. The Morgan fingerprint density at radius 3 is 2.23 bits per heavy atom. The van der Waals surface area contributed by atoms with E-state index in [1.54, 1.807) is 0 Å². The van der Waals surface area contributed by atoms with Crippen LogP contribution in [0.15, 0.2) is 12.1 Å². The van der Waals surface area contributed by atoms with E-state index in [9.17, 15) is 5.11 Å². The maximum absolute atomic E-state index is 9.21. The molecule has 0 amide bonds. The molecule has 0 unspecified atom stereocenters. The van der Waals surface area contributed by atoms with E-state index in [1.165, 1.54) is 12.1 Å². The third kappa shape index (κ3) is 2.62. The topological polar surface area (TPSA) is 58.3 Å². The number of anilines is 1. The highest BCUT2D eigenvalue weighted by molar-refractivity contribution is 7.80. The van der Waals surface area contributed by atoms with Gasteiger partial charge in [0, 0.05) is 5.69 Å². The number of phenols is 1. The van der Waals surface area contributed by atoms with Crippen LogP contribution in [0.25, 0.3) is 0 Å². The minimum atomic E-state index is -0.156. The molecule has 0 aliphatic heterocycles. The molecular weight excluding hydrogens is 231 g/mol. The summed E-state index contributed by atoms with van der Waals surface area (Å²) in [6.07, 6.45) is 0. The Morgan fingerprint density at radius 2 is 1.85 bits per heavy atom. The zero-order valence-electron chi connectivity index (χ0n) is 6.34. The lowest BCUT2D eigenvalue weighted by Gasteiger charge is -2.06. The van der Waals surface area contributed by atoms with Crippen molar-refractivity contribution in [1.82, 2.24) is 0 Å². The van der Waals surface area contributed by atoms with Gasteiger partial charge in [0.15, 0.2) is 10.9 Å². The number of phenolic OH excluding ortho intramolecular Hbond substituents is 1. The number of hydrogen-bond acceptors (Lipinski definition) is 2. The zero-order valence-corrected chi connectivity index (χ0v) is 8.67. The molecule has 0 fully saturated rings. The molecule has 70 valence electrons. The maximum Gasteiger partial charge on any atom is 0.168 e. The lowest BCUT2D eigenvalue weighted by Crippen LogP contribution is -2.18. The van der Waals surface area contributed by atoms with Crippen molar-refractivity contribution in [3.8, 4) is 5.75 Å². The molecule has 1 rings (SSSR count). The van der Waals surface area contributed by atoms with Crippen LogP contribution < -0.4 is 11.1 Å². The van der Waals surface area contributed by atoms with Crippen LogP contribution in [-0.4, -0.2) is 10.2 Å². The number of nitrogens with two attached hydrogens (primary N) is 1. The Labute approximate surface area is 90.4 Å². The Morgan fingerprint density at radius 1 is 1.38 bits per heavy atom. The Kier molecular flexibility index (Phi) is 3.19. The van der Waals surface area contributed by atoms with Gasteiger partial charge in [-0.1, -0.05) is 23.2 Å². The Balaban J connectivity index is 3.06. The Hall–Kier alpha value is -0.710. The molecule has 0 saturated heterocycles. The van der Waals surface area contributed by atoms with Crippen LogP contribution in [0.5, 0.6) is 5.75 Å². The van der Waals surface area contributed by atoms with E-state index in [0.717, 1.165) is 0 Å². The number of halogens is 2. The molecule has 0 bridgehead atoms. The minimum Gasteiger partial charge on any atom is -0.505 e. The SMILES string of the molecule is NC(=S)Nc1cc(Cl)c(O)c(Cl)c1. The summed E-state index contributed by atoms with van der Waals surface area (Å²) in [6.45, 7) is 0. The molecule has 0 aromatic heterocycles. The van der Waals surface area contributed by atoms with Gasteiger partial charge >= 0.3 is 0 Å². The number of thiocarbonyl (C=S) groups is 1. The largest absolute Gasteiger partial charge is 0.505 e. The van der Waals surface area contributed by atoms with Gasteiger partial charge < -0.3 is 16.2 Å². The van der Waals surface area contributed by atoms with Gasteiger partial charge in [-0.2, -0.15) is 0 Å². The van der Waals surface area contributed by atoms with E-state index >= 15 is 0 Å². The summed E-state index contributed by atoms with van der Waals surface area (Å²) in [6, 6.07) is 2.95. The second kappa shape index (κ2) is 4.00. The van der Waals surface area contributed by atoms with Gasteiger partial charge in [-0.15, -0.1) is 0 Å². The summed E-state index contributed by atoms with van der Waals surface area (Å²) in [4.78, 5) is 0. The molecule has 0 radical (unpaired) electrons. The first-order chi connectivity index (χ1) is 6.00. The molecule has 3 nitrogen and oxygen atoms in total. The monoisotopic (exact) mass is 236 g/mol. The first-order valence-electron chi connectivity index (χ1n) is 3.25. The first-order valence-corrected chi connectivity index (χ1v) is 4.41. The molecule has 0 atom stereocenters. The second-order valence-electron chi connectivity index (χ2n) is 2.28. The van der Waals surface area contributed by atoms with E-state index in [-0.39, 0.29) is 20.9 Å². The van der Waals surface area contributed by atoms with Crippen molar-refractivity contribution >= 4 is 46.2 Å². The van der Waals surface area contributed by atoms with Crippen LogP contribution in [0, 0.1) is 0 Å². The third-order valence-corrected chi connectivity index (χ3v) is 1.96. The fourth-order valence-corrected chi connectivity index (χ4v) is 1.38. The van der Waals surface area contributed by atoms with Crippen LogP contribution in [0.4, 0.5) is 5.69 Å². The number of benzene rings is 1.